The van der Waals surface area contributed by atoms with Crippen LogP contribution < -0.4 is 0 Å². The first-order valence-electron chi connectivity index (χ1n) is 9.19. The Hall–Kier alpha value is -0.620. The maximum atomic E-state index is 10.6. The second-order valence-electron chi connectivity index (χ2n) is 7.97. The molecule has 2 N–H and O–H groups in total. The molecule has 0 aromatic carbocycles. The van der Waals surface area contributed by atoms with Gasteiger partial charge < -0.3 is 24.4 Å². The van der Waals surface area contributed by atoms with Crippen molar-refractivity contribution in [3.63, 3.8) is 0 Å². The van der Waals surface area contributed by atoms with Gasteiger partial charge in [0.05, 0.1) is 35.8 Å². The van der Waals surface area contributed by atoms with Gasteiger partial charge in [0, 0.05) is 11.8 Å². The van der Waals surface area contributed by atoms with E-state index in [1.54, 1.807) is 0 Å². The van der Waals surface area contributed by atoms with Crippen LogP contribution in [0.2, 0.25) is 0 Å². The average Bonchev–Trinajstić information content (AvgIpc) is 3.15. The molecule has 0 aromatic heterocycles. The molecule has 0 aromatic rings. The summed E-state index contributed by atoms with van der Waals surface area (Å²) in [7, 11) is 0. The van der Waals surface area contributed by atoms with Gasteiger partial charge in [-0.2, -0.15) is 0 Å². The predicted molar refractivity (Wildman–Crippen MR) is 92.3 cm³/mol. The summed E-state index contributed by atoms with van der Waals surface area (Å²) in [6.45, 7) is 13.8. The Morgan fingerprint density at radius 1 is 1.33 bits per heavy atom. The molecule has 2 aliphatic rings. The van der Waals surface area contributed by atoms with Crippen LogP contribution in [-0.2, 0) is 14.2 Å². The summed E-state index contributed by atoms with van der Waals surface area (Å²) in [4.78, 5) is 0. The number of hydrogen-bond acceptors (Lipinski definition) is 5. The Bertz CT molecular complexity index is 437. The Morgan fingerprint density at radius 2 is 2.00 bits per heavy atom. The molecule has 2 fully saturated rings. The largest absolute Gasteiger partial charge is 0.496 e. The third-order valence-corrected chi connectivity index (χ3v) is 5.14. The monoisotopic (exact) mass is 342 g/mol. The lowest BCUT2D eigenvalue weighted by Gasteiger charge is -2.37. The van der Waals surface area contributed by atoms with Gasteiger partial charge in [0.1, 0.15) is 0 Å². The molecule has 1 saturated carbocycles. The van der Waals surface area contributed by atoms with Crippen molar-refractivity contribution in [2.45, 2.75) is 96.6 Å². The molecule has 0 radical (unpaired) electrons. The zero-order chi connectivity index (χ0) is 18.1. The third kappa shape index (κ3) is 4.94. The SMILES string of the molecule is C=C(OC(C)C)C1C[C@@]1(O)CC[C@@H](C)OC1O[C@@H](C)C(O)C[C@H]1C. The highest BCUT2D eigenvalue weighted by Gasteiger charge is 2.55. The smallest absolute Gasteiger partial charge is 0.161 e. The second kappa shape index (κ2) is 7.73. The van der Waals surface area contributed by atoms with Gasteiger partial charge >= 0.3 is 0 Å². The van der Waals surface area contributed by atoms with Crippen molar-refractivity contribution in [3.8, 4) is 0 Å². The molecule has 140 valence electrons. The quantitative estimate of drug-likeness (QED) is 0.664. The highest BCUT2D eigenvalue weighted by atomic mass is 16.7. The molecule has 2 rings (SSSR count). The van der Waals surface area contributed by atoms with Crippen LogP contribution in [0.1, 0.15) is 60.3 Å². The Morgan fingerprint density at radius 3 is 2.62 bits per heavy atom. The molecule has 1 aliphatic carbocycles. The van der Waals surface area contributed by atoms with Crippen LogP contribution in [-0.4, -0.2) is 46.5 Å². The molecule has 1 heterocycles. The summed E-state index contributed by atoms with van der Waals surface area (Å²) in [6.07, 6.45) is 1.99. The molecular weight excluding hydrogens is 308 g/mol. The third-order valence-electron chi connectivity index (χ3n) is 5.14. The minimum absolute atomic E-state index is 0.00977. The molecule has 0 spiro atoms. The number of ether oxygens (including phenoxy) is 3. The zero-order valence-corrected chi connectivity index (χ0v) is 15.7. The molecule has 24 heavy (non-hydrogen) atoms. The maximum Gasteiger partial charge on any atom is 0.161 e. The summed E-state index contributed by atoms with van der Waals surface area (Å²) in [5, 5.41) is 20.4. The average molecular weight is 342 g/mol. The fourth-order valence-corrected chi connectivity index (χ4v) is 3.41. The Labute approximate surface area is 146 Å². The normalized spacial score (nSPS) is 40.4. The van der Waals surface area contributed by atoms with Crippen molar-refractivity contribution in [3.05, 3.63) is 12.3 Å². The van der Waals surface area contributed by atoms with Crippen molar-refractivity contribution in [1.82, 2.24) is 0 Å². The van der Waals surface area contributed by atoms with E-state index in [0.717, 1.165) is 6.42 Å². The van der Waals surface area contributed by atoms with E-state index in [1.807, 2.05) is 34.6 Å². The number of aliphatic hydroxyl groups excluding tert-OH is 1. The number of rotatable bonds is 8. The predicted octanol–water partition coefficient (Wildman–Crippen LogP) is 2.99. The van der Waals surface area contributed by atoms with Crippen molar-refractivity contribution in [1.29, 1.82) is 0 Å². The fraction of sp³-hybridized carbons (Fsp3) is 0.895. The van der Waals surface area contributed by atoms with Gasteiger partial charge in [0.25, 0.3) is 0 Å². The van der Waals surface area contributed by atoms with E-state index < -0.39 is 11.7 Å². The van der Waals surface area contributed by atoms with E-state index in [-0.39, 0.29) is 36.4 Å². The highest BCUT2D eigenvalue weighted by molar-refractivity contribution is 5.16. The van der Waals surface area contributed by atoms with Gasteiger partial charge in [-0.05, 0) is 53.4 Å². The first-order valence-corrected chi connectivity index (χ1v) is 9.19. The summed E-state index contributed by atoms with van der Waals surface area (Å²) in [5.74, 6) is 0.884. The van der Waals surface area contributed by atoms with Crippen LogP contribution >= 0.6 is 0 Å². The Balaban J connectivity index is 1.74. The van der Waals surface area contributed by atoms with Crippen molar-refractivity contribution >= 4 is 0 Å². The lowest BCUT2D eigenvalue weighted by atomic mass is 9.96. The van der Waals surface area contributed by atoms with Crippen LogP contribution in [0.25, 0.3) is 0 Å². The molecule has 0 bridgehead atoms. The maximum absolute atomic E-state index is 10.6. The van der Waals surface area contributed by atoms with E-state index in [2.05, 4.69) is 6.58 Å². The van der Waals surface area contributed by atoms with Crippen molar-refractivity contribution in [2.24, 2.45) is 11.8 Å². The van der Waals surface area contributed by atoms with Crippen LogP contribution in [0, 0.1) is 11.8 Å². The van der Waals surface area contributed by atoms with Crippen LogP contribution in [0.4, 0.5) is 0 Å². The molecule has 3 unspecified atom stereocenters. The summed E-state index contributed by atoms with van der Waals surface area (Å²) < 4.78 is 17.4. The first kappa shape index (κ1) is 19.7. The molecule has 1 saturated heterocycles. The lowest BCUT2D eigenvalue weighted by molar-refractivity contribution is -0.255. The highest BCUT2D eigenvalue weighted by Crippen LogP contribution is 2.51. The Kier molecular flexibility index (Phi) is 6.35. The fourth-order valence-electron chi connectivity index (χ4n) is 3.41. The zero-order valence-electron chi connectivity index (χ0n) is 15.7. The van der Waals surface area contributed by atoms with Gasteiger partial charge in [0.15, 0.2) is 6.29 Å². The molecule has 5 nitrogen and oxygen atoms in total. The van der Waals surface area contributed by atoms with E-state index in [0.29, 0.717) is 25.0 Å². The van der Waals surface area contributed by atoms with Gasteiger partial charge in [-0.1, -0.05) is 13.5 Å². The molecule has 5 heteroatoms. The second-order valence-corrected chi connectivity index (χ2v) is 7.97. The van der Waals surface area contributed by atoms with Gasteiger partial charge in [-0.15, -0.1) is 0 Å². The topological polar surface area (TPSA) is 68.2 Å². The molecule has 1 aliphatic heterocycles. The molecule has 0 amide bonds. The van der Waals surface area contributed by atoms with Crippen molar-refractivity contribution < 1.29 is 24.4 Å². The van der Waals surface area contributed by atoms with Crippen LogP contribution in [0.3, 0.4) is 0 Å². The summed E-state index contributed by atoms with van der Waals surface area (Å²) in [6, 6.07) is 0. The summed E-state index contributed by atoms with van der Waals surface area (Å²) in [5.41, 5.74) is -0.702. The van der Waals surface area contributed by atoms with Crippen molar-refractivity contribution in [2.75, 3.05) is 0 Å². The van der Waals surface area contributed by atoms with E-state index in [4.69, 9.17) is 14.2 Å². The van der Waals surface area contributed by atoms with E-state index >= 15 is 0 Å². The van der Waals surface area contributed by atoms with Crippen LogP contribution in [0.5, 0.6) is 0 Å². The first-order chi connectivity index (χ1) is 11.1. The number of hydrogen-bond donors (Lipinski definition) is 2. The molecular formula is C19H34O5. The summed E-state index contributed by atoms with van der Waals surface area (Å²) >= 11 is 0. The van der Waals surface area contributed by atoms with E-state index in [9.17, 15) is 10.2 Å². The van der Waals surface area contributed by atoms with E-state index in [1.165, 1.54) is 0 Å². The standard InChI is InChI=1S/C19H34O5/c1-11(2)22-14(5)16-10-19(16,21)8-7-13(4)23-18-12(3)9-17(20)15(6)24-18/h11-13,15-18,20-21H,5,7-10H2,1-4,6H3/t12-,13-,15+,16?,17?,18?,19+/m1/s1. The van der Waals surface area contributed by atoms with Crippen LogP contribution in [0.15, 0.2) is 12.3 Å². The lowest BCUT2D eigenvalue weighted by Crippen LogP contribution is -2.44. The molecule has 7 atom stereocenters. The number of aliphatic hydroxyl groups is 2. The minimum atomic E-state index is -0.702. The van der Waals surface area contributed by atoms with Gasteiger partial charge in [-0.25, -0.2) is 0 Å². The minimum Gasteiger partial charge on any atom is -0.496 e. The van der Waals surface area contributed by atoms with Gasteiger partial charge in [0.2, 0.25) is 0 Å². The van der Waals surface area contributed by atoms with Gasteiger partial charge in [-0.3, -0.25) is 0 Å².